The highest BCUT2D eigenvalue weighted by atomic mass is 14.0. The summed E-state index contributed by atoms with van der Waals surface area (Å²) >= 11 is 0. The summed E-state index contributed by atoms with van der Waals surface area (Å²) in [7, 11) is 0. The van der Waals surface area contributed by atoms with Crippen LogP contribution in [0.4, 0.5) is 0 Å². The van der Waals surface area contributed by atoms with E-state index in [2.05, 4.69) is 27.4 Å². The fourth-order valence-corrected chi connectivity index (χ4v) is 0.250. The van der Waals surface area contributed by atoms with Gasteiger partial charge in [0.05, 0.1) is 0 Å². The van der Waals surface area contributed by atoms with Gasteiger partial charge in [-0.3, -0.25) is 0 Å². The second-order valence-corrected chi connectivity index (χ2v) is 2.82. The first-order chi connectivity index (χ1) is 5.33. The molecule has 68 valence electrons. The molecule has 0 aromatic carbocycles. The standard InChI is InChI=1S/2C4H8.C3H8/c1-2-4-3-1;1-3-4-2;1-3-2/h1-4H2;3H,1,4H2,2H3;3H2,1-2H3. The topological polar surface area (TPSA) is 0 Å². The molecule has 0 radical (unpaired) electrons. The molecule has 1 rings (SSSR count). The van der Waals surface area contributed by atoms with Crippen LogP contribution in [0.2, 0.25) is 0 Å². The number of rotatable bonds is 1. The first-order valence-electron chi connectivity index (χ1n) is 4.94. The molecule has 0 atom stereocenters. The van der Waals surface area contributed by atoms with Gasteiger partial charge < -0.3 is 0 Å². The van der Waals surface area contributed by atoms with E-state index < -0.39 is 0 Å². The van der Waals surface area contributed by atoms with Crippen molar-refractivity contribution in [3.8, 4) is 0 Å². The smallest absolute Gasteiger partial charge is 0.0382 e. The minimum atomic E-state index is 1.08. The van der Waals surface area contributed by atoms with E-state index in [4.69, 9.17) is 0 Å². The maximum atomic E-state index is 3.48. The number of hydrogen-bond acceptors (Lipinski definition) is 0. The minimum Gasteiger partial charge on any atom is -0.103 e. The van der Waals surface area contributed by atoms with Crippen LogP contribution in [0, 0.1) is 0 Å². The van der Waals surface area contributed by atoms with Gasteiger partial charge in [0.1, 0.15) is 0 Å². The summed E-state index contributed by atoms with van der Waals surface area (Å²) in [5.74, 6) is 0. The molecule has 0 saturated heterocycles. The predicted octanol–water partition coefficient (Wildman–Crippen LogP) is 4.56. The molecule has 0 heteroatoms. The summed E-state index contributed by atoms with van der Waals surface area (Å²) in [5.41, 5.74) is 0. The number of allylic oxidation sites excluding steroid dienone is 1. The fourth-order valence-electron chi connectivity index (χ4n) is 0.250. The Morgan fingerprint density at radius 2 is 1.18 bits per heavy atom. The third-order valence-corrected chi connectivity index (χ3v) is 1.29. The van der Waals surface area contributed by atoms with Gasteiger partial charge in [-0.25, -0.2) is 0 Å². The SMILES string of the molecule is C1CCC1.C=CCC.CCC. The Bertz CT molecular complexity index is 47.1. The van der Waals surface area contributed by atoms with Crippen LogP contribution >= 0.6 is 0 Å². The zero-order valence-electron chi connectivity index (χ0n) is 8.53. The van der Waals surface area contributed by atoms with Gasteiger partial charge in [-0.15, -0.1) is 6.58 Å². The van der Waals surface area contributed by atoms with E-state index in [9.17, 15) is 0 Å². The molecule has 1 saturated carbocycles. The van der Waals surface area contributed by atoms with Crippen LogP contribution in [0.1, 0.15) is 59.3 Å². The largest absolute Gasteiger partial charge is 0.103 e. The van der Waals surface area contributed by atoms with Gasteiger partial charge in [0.2, 0.25) is 0 Å². The molecule has 1 aliphatic rings. The maximum Gasteiger partial charge on any atom is -0.0382 e. The molecule has 0 heterocycles. The van der Waals surface area contributed by atoms with Crippen molar-refractivity contribution in [3.05, 3.63) is 12.7 Å². The third kappa shape index (κ3) is 26.0. The lowest BCUT2D eigenvalue weighted by Crippen LogP contribution is -1.85. The second-order valence-electron chi connectivity index (χ2n) is 2.82. The molecule has 0 aromatic rings. The molecule has 1 fully saturated rings. The summed E-state index contributed by atoms with van der Waals surface area (Å²) in [6.07, 6.45) is 10.2. The van der Waals surface area contributed by atoms with Gasteiger partial charge in [0, 0.05) is 0 Å². The van der Waals surface area contributed by atoms with Gasteiger partial charge in [-0.2, -0.15) is 0 Å². The summed E-state index contributed by atoms with van der Waals surface area (Å²) in [6, 6.07) is 0. The van der Waals surface area contributed by atoms with E-state index >= 15 is 0 Å². The van der Waals surface area contributed by atoms with Crippen LogP contribution in [-0.2, 0) is 0 Å². The first-order valence-corrected chi connectivity index (χ1v) is 4.94. The Morgan fingerprint density at radius 3 is 1.18 bits per heavy atom. The highest BCUT2D eigenvalue weighted by Gasteiger charge is 1.95. The average Bonchev–Trinajstić information content (AvgIpc) is 1.85. The zero-order chi connectivity index (χ0) is 8.95. The molecule has 0 aromatic heterocycles. The van der Waals surface area contributed by atoms with E-state index in [0.717, 1.165) is 6.42 Å². The maximum absolute atomic E-state index is 3.48. The summed E-state index contributed by atoms with van der Waals surface area (Å²) in [4.78, 5) is 0. The molecule has 0 spiro atoms. The Balaban J connectivity index is 0. The molecular formula is C11H24. The van der Waals surface area contributed by atoms with Gasteiger partial charge in [-0.1, -0.05) is 59.0 Å². The first kappa shape index (κ1) is 13.3. The van der Waals surface area contributed by atoms with Crippen molar-refractivity contribution in [2.24, 2.45) is 0 Å². The quantitative estimate of drug-likeness (QED) is 0.488. The normalized spacial score (nSPS) is 12.6. The van der Waals surface area contributed by atoms with Crippen molar-refractivity contribution < 1.29 is 0 Å². The van der Waals surface area contributed by atoms with Crippen LogP contribution in [0.15, 0.2) is 12.7 Å². The van der Waals surface area contributed by atoms with Crippen LogP contribution < -0.4 is 0 Å². The van der Waals surface area contributed by atoms with Crippen LogP contribution in [0.3, 0.4) is 0 Å². The van der Waals surface area contributed by atoms with E-state index in [0.29, 0.717) is 0 Å². The molecular weight excluding hydrogens is 132 g/mol. The Morgan fingerprint density at radius 1 is 1.00 bits per heavy atom. The van der Waals surface area contributed by atoms with Gasteiger partial charge in [0.25, 0.3) is 0 Å². The third-order valence-electron chi connectivity index (χ3n) is 1.29. The molecule has 11 heavy (non-hydrogen) atoms. The van der Waals surface area contributed by atoms with Crippen molar-refractivity contribution in [2.75, 3.05) is 0 Å². The van der Waals surface area contributed by atoms with Crippen molar-refractivity contribution in [2.45, 2.75) is 59.3 Å². The lowest BCUT2D eigenvalue weighted by atomic mass is 10.0. The molecule has 0 aliphatic heterocycles. The van der Waals surface area contributed by atoms with Crippen molar-refractivity contribution in [1.82, 2.24) is 0 Å². The summed E-state index contributed by atoms with van der Waals surface area (Å²) < 4.78 is 0. The fraction of sp³-hybridized carbons (Fsp3) is 0.818. The Kier molecular flexibility index (Phi) is 19.9. The minimum absolute atomic E-state index is 1.08. The van der Waals surface area contributed by atoms with Crippen LogP contribution in [0.5, 0.6) is 0 Å². The van der Waals surface area contributed by atoms with Gasteiger partial charge in [-0.05, 0) is 6.42 Å². The molecule has 0 bridgehead atoms. The highest BCUT2D eigenvalue weighted by Crippen LogP contribution is 2.15. The number of hydrogen-bond donors (Lipinski definition) is 0. The van der Waals surface area contributed by atoms with Crippen LogP contribution in [0.25, 0.3) is 0 Å². The van der Waals surface area contributed by atoms with Crippen LogP contribution in [-0.4, -0.2) is 0 Å². The Labute approximate surface area is 72.7 Å². The average molecular weight is 156 g/mol. The molecule has 0 N–H and O–H groups in total. The molecule has 0 nitrogen and oxygen atoms in total. The van der Waals surface area contributed by atoms with E-state index in [-0.39, 0.29) is 0 Å². The molecule has 0 unspecified atom stereocenters. The van der Waals surface area contributed by atoms with E-state index in [1.54, 1.807) is 0 Å². The van der Waals surface area contributed by atoms with Gasteiger partial charge >= 0.3 is 0 Å². The predicted molar refractivity (Wildman–Crippen MR) is 54.9 cm³/mol. The Hall–Kier alpha value is -0.260. The lowest BCUT2D eigenvalue weighted by molar-refractivity contribution is 0.504. The van der Waals surface area contributed by atoms with Crippen molar-refractivity contribution in [1.29, 1.82) is 0 Å². The van der Waals surface area contributed by atoms with E-state index in [1.807, 2.05) is 6.08 Å². The summed E-state index contributed by atoms with van der Waals surface area (Å²) in [5, 5.41) is 0. The molecule has 1 aliphatic carbocycles. The van der Waals surface area contributed by atoms with Crippen molar-refractivity contribution in [3.63, 3.8) is 0 Å². The van der Waals surface area contributed by atoms with Crippen molar-refractivity contribution >= 4 is 0 Å². The van der Waals surface area contributed by atoms with Gasteiger partial charge in [0.15, 0.2) is 0 Å². The molecule has 0 amide bonds. The zero-order valence-corrected chi connectivity index (χ0v) is 8.53. The summed E-state index contributed by atoms with van der Waals surface area (Å²) in [6.45, 7) is 9.79. The monoisotopic (exact) mass is 156 g/mol. The second kappa shape index (κ2) is 16.4. The van der Waals surface area contributed by atoms with E-state index in [1.165, 1.54) is 32.1 Å². The highest BCUT2D eigenvalue weighted by molar-refractivity contribution is 4.60. The lowest BCUT2D eigenvalue weighted by Gasteiger charge is -2.05.